The molecule has 56 valence electrons. The maximum Gasteiger partial charge on any atom is -0.00256 e. The Labute approximate surface area is 74.0 Å². The standard InChI is InChI=1S/C6H14S3/c1-2-6(3-7,4-8)5-9/h7-9H,2-5H2,1H3. The van der Waals surface area contributed by atoms with Gasteiger partial charge in [-0.1, -0.05) is 6.92 Å². The van der Waals surface area contributed by atoms with Gasteiger partial charge >= 0.3 is 0 Å². The summed E-state index contributed by atoms with van der Waals surface area (Å²) in [5.74, 6) is 2.66. The molecule has 0 aliphatic carbocycles. The van der Waals surface area contributed by atoms with Gasteiger partial charge in [-0.05, 0) is 29.1 Å². The molecule has 0 unspecified atom stereocenters. The van der Waals surface area contributed by atoms with Crippen molar-refractivity contribution in [3.05, 3.63) is 0 Å². The Bertz CT molecular complexity index is 51.2. The number of thiol groups is 3. The lowest BCUT2D eigenvalue weighted by atomic mass is 9.92. The minimum Gasteiger partial charge on any atom is -0.179 e. The summed E-state index contributed by atoms with van der Waals surface area (Å²) in [5.41, 5.74) is 0.259. The van der Waals surface area contributed by atoms with Crippen LogP contribution in [0.25, 0.3) is 0 Å². The van der Waals surface area contributed by atoms with E-state index in [9.17, 15) is 0 Å². The fourth-order valence-corrected chi connectivity index (χ4v) is 2.36. The third-order valence-electron chi connectivity index (χ3n) is 1.76. The van der Waals surface area contributed by atoms with Gasteiger partial charge in [0.2, 0.25) is 0 Å². The van der Waals surface area contributed by atoms with Crippen molar-refractivity contribution in [2.24, 2.45) is 5.41 Å². The second kappa shape index (κ2) is 4.80. The van der Waals surface area contributed by atoms with E-state index in [0.717, 1.165) is 23.7 Å². The molecule has 0 amide bonds. The lowest BCUT2D eigenvalue weighted by molar-refractivity contribution is 0.431. The van der Waals surface area contributed by atoms with E-state index < -0.39 is 0 Å². The molecule has 0 radical (unpaired) electrons. The van der Waals surface area contributed by atoms with Crippen molar-refractivity contribution < 1.29 is 0 Å². The maximum atomic E-state index is 4.24. The van der Waals surface area contributed by atoms with Gasteiger partial charge in [-0.2, -0.15) is 37.9 Å². The van der Waals surface area contributed by atoms with Gasteiger partial charge in [0.1, 0.15) is 0 Å². The van der Waals surface area contributed by atoms with E-state index in [0.29, 0.717) is 0 Å². The molecule has 0 aromatic heterocycles. The molecule has 0 fully saturated rings. The Balaban J connectivity index is 3.82. The largest absolute Gasteiger partial charge is 0.179 e. The van der Waals surface area contributed by atoms with Crippen LogP contribution in [0, 0.1) is 5.41 Å². The molecule has 0 saturated heterocycles. The fourth-order valence-electron chi connectivity index (χ4n) is 0.485. The zero-order valence-corrected chi connectivity index (χ0v) is 8.35. The predicted molar refractivity (Wildman–Crippen MR) is 54.3 cm³/mol. The molecule has 0 aromatic carbocycles. The molecule has 0 atom stereocenters. The van der Waals surface area contributed by atoms with Crippen molar-refractivity contribution in [3.63, 3.8) is 0 Å². The van der Waals surface area contributed by atoms with Crippen molar-refractivity contribution in [1.29, 1.82) is 0 Å². The summed E-state index contributed by atoms with van der Waals surface area (Å²) in [6, 6.07) is 0. The van der Waals surface area contributed by atoms with Crippen LogP contribution in [0.5, 0.6) is 0 Å². The van der Waals surface area contributed by atoms with Gasteiger partial charge in [-0.15, -0.1) is 0 Å². The highest BCUT2D eigenvalue weighted by atomic mass is 32.1. The molecular formula is C6H14S3. The molecule has 9 heavy (non-hydrogen) atoms. The van der Waals surface area contributed by atoms with Crippen LogP contribution < -0.4 is 0 Å². The fraction of sp³-hybridized carbons (Fsp3) is 1.00. The van der Waals surface area contributed by atoms with Gasteiger partial charge in [0.25, 0.3) is 0 Å². The summed E-state index contributed by atoms with van der Waals surface area (Å²) in [6.07, 6.45) is 1.11. The zero-order chi connectivity index (χ0) is 7.33. The van der Waals surface area contributed by atoms with Crippen molar-refractivity contribution in [1.82, 2.24) is 0 Å². The normalized spacial score (nSPS) is 12.0. The minimum atomic E-state index is 0.259. The third kappa shape index (κ3) is 2.64. The van der Waals surface area contributed by atoms with Gasteiger partial charge in [0.05, 0.1) is 0 Å². The van der Waals surface area contributed by atoms with E-state index in [1.165, 1.54) is 0 Å². The van der Waals surface area contributed by atoms with E-state index in [1.54, 1.807) is 0 Å². The first-order valence-corrected chi connectivity index (χ1v) is 4.97. The Hall–Kier alpha value is 1.05. The van der Waals surface area contributed by atoms with Gasteiger partial charge < -0.3 is 0 Å². The number of hydrogen-bond acceptors (Lipinski definition) is 3. The van der Waals surface area contributed by atoms with Gasteiger partial charge in [0.15, 0.2) is 0 Å². The van der Waals surface area contributed by atoms with Crippen LogP contribution in [0.1, 0.15) is 13.3 Å². The van der Waals surface area contributed by atoms with Crippen molar-refractivity contribution >= 4 is 37.9 Å². The van der Waals surface area contributed by atoms with Gasteiger partial charge in [0, 0.05) is 0 Å². The third-order valence-corrected chi connectivity index (χ3v) is 3.77. The molecule has 0 N–H and O–H groups in total. The molecule has 0 bridgehead atoms. The Morgan fingerprint density at radius 2 is 1.33 bits per heavy atom. The Morgan fingerprint density at radius 3 is 1.33 bits per heavy atom. The maximum absolute atomic E-state index is 4.24. The van der Waals surface area contributed by atoms with Crippen molar-refractivity contribution in [2.75, 3.05) is 17.3 Å². The van der Waals surface area contributed by atoms with E-state index in [1.807, 2.05) is 0 Å². The second-order valence-corrected chi connectivity index (χ2v) is 3.28. The Kier molecular flexibility index (Phi) is 5.36. The molecule has 0 aliphatic heterocycles. The summed E-state index contributed by atoms with van der Waals surface area (Å²) in [4.78, 5) is 0. The first-order valence-electron chi connectivity index (χ1n) is 3.07. The molecule has 0 aliphatic rings. The molecule has 0 aromatic rings. The minimum absolute atomic E-state index is 0.259. The van der Waals surface area contributed by atoms with E-state index in [-0.39, 0.29) is 5.41 Å². The lowest BCUT2D eigenvalue weighted by Crippen LogP contribution is -2.26. The van der Waals surface area contributed by atoms with E-state index in [2.05, 4.69) is 44.8 Å². The summed E-state index contributed by atoms with van der Waals surface area (Å²) in [6.45, 7) is 2.16. The SMILES string of the molecule is CCC(CS)(CS)CS. The first-order chi connectivity index (χ1) is 4.24. The highest BCUT2D eigenvalue weighted by molar-refractivity contribution is 7.82. The number of hydrogen-bond donors (Lipinski definition) is 3. The van der Waals surface area contributed by atoms with Gasteiger partial charge in [-0.3, -0.25) is 0 Å². The molecule has 0 rings (SSSR count). The average Bonchev–Trinajstić information content (AvgIpc) is 1.95. The first kappa shape index (κ1) is 10.0. The highest BCUT2D eigenvalue weighted by Crippen LogP contribution is 2.26. The summed E-state index contributed by atoms with van der Waals surface area (Å²) < 4.78 is 0. The van der Waals surface area contributed by atoms with Crippen LogP contribution in [0.4, 0.5) is 0 Å². The van der Waals surface area contributed by atoms with E-state index >= 15 is 0 Å². The lowest BCUT2D eigenvalue weighted by Gasteiger charge is -2.26. The molecule has 0 spiro atoms. The second-order valence-electron chi connectivity index (χ2n) is 2.33. The van der Waals surface area contributed by atoms with Gasteiger partial charge in [-0.25, -0.2) is 0 Å². The van der Waals surface area contributed by atoms with Crippen LogP contribution >= 0.6 is 37.9 Å². The molecule has 0 heterocycles. The van der Waals surface area contributed by atoms with Crippen LogP contribution in [-0.2, 0) is 0 Å². The molecule has 0 saturated carbocycles. The quantitative estimate of drug-likeness (QED) is 0.545. The highest BCUT2D eigenvalue weighted by Gasteiger charge is 2.22. The molecular weight excluding hydrogens is 168 g/mol. The van der Waals surface area contributed by atoms with Crippen LogP contribution in [0.15, 0.2) is 0 Å². The van der Waals surface area contributed by atoms with Crippen LogP contribution in [0.2, 0.25) is 0 Å². The smallest absolute Gasteiger partial charge is 0.00256 e. The number of rotatable bonds is 4. The van der Waals surface area contributed by atoms with Crippen LogP contribution in [0.3, 0.4) is 0 Å². The monoisotopic (exact) mass is 182 g/mol. The predicted octanol–water partition coefficient (Wildman–Crippen LogP) is 2.17. The van der Waals surface area contributed by atoms with Crippen LogP contribution in [-0.4, -0.2) is 17.3 Å². The molecule has 3 heteroatoms. The molecule has 0 nitrogen and oxygen atoms in total. The topological polar surface area (TPSA) is 0 Å². The van der Waals surface area contributed by atoms with Crippen molar-refractivity contribution in [3.8, 4) is 0 Å². The zero-order valence-electron chi connectivity index (χ0n) is 5.67. The summed E-state index contributed by atoms with van der Waals surface area (Å²) in [7, 11) is 0. The average molecular weight is 182 g/mol. The summed E-state index contributed by atoms with van der Waals surface area (Å²) >= 11 is 12.7. The summed E-state index contributed by atoms with van der Waals surface area (Å²) in [5, 5.41) is 0. The Morgan fingerprint density at radius 1 is 1.00 bits per heavy atom. The van der Waals surface area contributed by atoms with Crippen molar-refractivity contribution in [2.45, 2.75) is 13.3 Å². The van der Waals surface area contributed by atoms with E-state index in [4.69, 9.17) is 0 Å².